The van der Waals surface area contributed by atoms with E-state index in [1.54, 1.807) is 36.4 Å². The maximum absolute atomic E-state index is 12.2. The molecule has 8 nitrogen and oxygen atoms in total. The summed E-state index contributed by atoms with van der Waals surface area (Å²) in [5.74, 6) is -0.121. The number of hydrazone groups is 1. The van der Waals surface area contributed by atoms with E-state index in [2.05, 4.69) is 26.5 Å². The van der Waals surface area contributed by atoms with Crippen molar-refractivity contribution >= 4 is 34.0 Å². The van der Waals surface area contributed by atoms with Crippen LogP contribution in [0.1, 0.15) is 15.9 Å². The van der Waals surface area contributed by atoms with E-state index in [4.69, 9.17) is 19.3 Å². The van der Waals surface area contributed by atoms with Gasteiger partial charge in [0, 0.05) is 11.6 Å². The molecule has 0 aliphatic heterocycles. The summed E-state index contributed by atoms with van der Waals surface area (Å²) in [5, 5.41) is 12.5. The zero-order valence-electron chi connectivity index (χ0n) is 14.6. The van der Waals surface area contributed by atoms with Gasteiger partial charge in [0.25, 0.3) is 5.91 Å². The summed E-state index contributed by atoms with van der Waals surface area (Å²) in [5.41, 5.74) is 3.43. The fourth-order valence-corrected chi connectivity index (χ4v) is 2.53. The number of carboxylic acids is 1. The number of halogens is 1. The molecule has 2 aromatic rings. The van der Waals surface area contributed by atoms with Crippen LogP contribution in [0.4, 0.5) is 0 Å². The molecule has 0 unspecified atom stereocenters. The monoisotopic (exact) mass is 436 g/mol. The van der Waals surface area contributed by atoms with Crippen molar-refractivity contribution in [2.75, 3.05) is 20.8 Å². The highest BCUT2D eigenvalue weighted by atomic mass is 79.9. The van der Waals surface area contributed by atoms with E-state index in [1.165, 1.54) is 20.4 Å². The highest BCUT2D eigenvalue weighted by Crippen LogP contribution is 2.25. The van der Waals surface area contributed by atoms with Crippen molar-refractivity contribution in [3.8, 4) is 17.2 Å². The van der Waals surface area contributed by atoms with Gasteiger partial charge in [-0.15, -0.1) is 0 Å². The number of aliphatic carboxylic acids is 1. The number of nitrogens with one attached hydrogen (secondary N) is 1. The van der Waals surface area contributed by atoms with Gasteiger partial charge in [0.15, 0.2) is 6.61 Å². The number of benzene rings is 2. The minimum atomic E-state index is -1.07. The van der Waals surface area contributed by atoms with Crippen LogP contribution in [0, 0.1) is 0 Å². The minimum absolute atomic E-state index is 0.335. The van der Waals surface area contributed by atoms with Gasteiger partial charge in [0.05, 0.1) is 24.9 Å². The van der Waals surface area contributed by atoms with E-state index in [1.807, 2.05) is 0 Å². The van der Waals surface area contributed by atoms with Crippen molar-refractivity contribution in [2.24, 2.45) is 5.10 Å². The molecule has 0 bridgehead atoms. The van der Waals surface area contributed by atoms with Crippen LogP contribution in [0.5, 0.6) is 17.2 Å². The van der Waals surface area contributed by atoms with Crippen LogP contribution >= 0.6 is 15.9 Å². The largest absolute Gasteiger partial charge is 0.497 e. The highest BCUT2D eigenvalue weighted by molar-refractivity contribution is 9.10. The quantitative estimate of drug-likeness (QED) is 0.486. The number of carbonyl (C=O) groups is 2. The number of carbonyl (C=O) groups excluding carboxylic acids is 1. The van der Waals surface area contributed by atoms with Crippen molar-refractivity contribution in [3.05, 3.63) is 52.0 Å². The Balaban J connectivity index is 2.03. The molecule has 1 amide bonds. The lowest BCUT2D eigenvalue weighted by atomic mass is 10.2. The second kappa shape index (κ2) is 9.58. The van der Waals surface area contributed by atoms with E-state index in [9.17, 15) is 9.59 Å². The fourth-order valence-electron chi connectivity index (χ4n) is 2.02. The van der Waals surface area contributed by atoms with Gasteiger partial charge < -0.3 is 19.3 Å². The first-order chi connectivity index (χ1) is 12.9. The Hall–Kier alpha value is -3.07. The molecule has 9 heteroatoms. The maximum Gasteiger partial charge on any atom is 0.341 e. The Bertz CT molecular complexity index is 847. The molecule has 0 radical (unpaired) electrons. The lowest BCUT2D eigenvalue weighted by Crippen LogP contribution is -2.17. The Morgan fingerprint density at radius 1 is 1.15 bits per heavy atom. The van der Waals surface area contributed by atoms with Crippen molar-refractivity contribution in [2.45, 2.75) is 0 Å². The number of carboxylic acid groups (broad SMARTS) is 1. The van der Waals surface area contributed by atoms with E-state index >= 15 is 0 Å². The zero-order chi connectivity index (χ0) is 19.8. The molecule has 2 rings (SSSR count). The van der Waals surface area contributed by atoms with E-state index in [0.717, 1.165) is 0 Å². The highest BCUT2D eigenvalue weighted by Gasteiger charge is 2.09. The molecule has 27 heavy (non-hydrogen) atoms. The molecule has 2 aromatic carbocycles. The molecule has 0 saturated carbocycles. The summed E-state index contributed by atoms with van der Waals surface area (Å²) >= 11 is 3.29. The lowest BCUT2D eigenvalue weighted by Gasteiger charge is -2.07. The van der Waals surface area contributed by atoms with E-state index in [0.29, 0.717) is 32.8 Å². The van der Waals surface area contributed by atoms with Gasteiger partial charge in [-0.05, 0) is 51.8 Å². The normalized spacial score (nSPS) is 10.5. The standard InChI is InChI=1S/C18H17BrN2O6/c1-25-13-6-12(7-14(8-13)26-2)18(24)21-20-9-11-3-4-16(15(19)5-11)27-10-17(22)23/h3-9H,10H2,1-2H3,(H,21,24)(H,22,23)/b20-9+. The van der Waals surface area contributed by atoms with Gasteiger partial charge in [-0.25, -0.2) is 10.2 Å². The van der Waals surface area contributed by atoms with Crippen LogP contribution in [-0.2, 0) is 4.79 Å². The molecule has 0 spiro atoms. The summed E-state index contributed by atoms with van der Waals surface area (Å²) in [6.45, 7) is -0.438. The van der Waals surface area contributed by atoms with Crippen LogP contribution in [0.3, 0.4) is 0 Å². The average Bonchev–Trinajstić information content (AvgIpc) is 2.66. The number of hydrogen-bond acceptors (Lipinski definition) is 6. The summed E-state index contributed by atoms with van der Waals surface area (Å²) in [6.07, 6.45) is 1.45. The molecule has 142 valence electrons. The number of ether oxygens (including phenoxy) is 3. The molecule has 0 heterocycles. The smallest absolute Gasteiger partial charge is 0.341 e. The Morgan fingerprint density at radius 3 is 2.37 bits per heavy atom. The predicted molar refractivity (Wildman–Crippen MR) is 102 cm³/mol. The summed E-state index contributed by atoms with van der Waals surface area (Å²) < 4.78 is 15.9. The molecule has 0 saturated heterocycles. The van der Waals surface area contributed by atoms with Crippen molar-refractivity contribution in [1.29, 1.82) is 0 Å². The van der Waals surface area contributed by atoms with Crippen LogP contribution < -0.4 is 19.6 Å². The Kier molecular flexibility index (Phi) is 7.18. The minimum Gasteiger partial charge on any atom is -0.497 e. The average molecular weight is 437 g/mol. The molecule has 0 fully saturated rings. The third-order valence-electron chi connectivity index (χ3n) is 3.30. The first kappa shape index (κ1) is 20.2. The predicted octanol–water partition coefficient (Wildman–Crippen LogP) is 2.69. The Morgan fingerprint density at radius 2 is 1.81 bits per heavy atom. The van der Waals surface area contributed by atoms with Gasteiger partial charge in [-0.2, -0.15) is 5.10 Å². The maximum atomic E-state index is 12.2. The third kappa shape index (κ3) is 6.00. The van der Waals surface area contributed by atoms with E-state index < -0.39 is 18.5 Å². The van der Waals surface area contributed by atoms with Gasteiger partial charge in [0.2, 0.25) is 0 Å². The molecule has 0 atom stereocenters. The van der Waals surface area contributed by atoms with Crippen molar-refractivity contribution in [1.82, 2.24) is 5.43 Å². The second-order valence-corrected chi connectivity index (χ2v) is 6.03. The number of nitrogens with zero attached hydrogens (tertiary/aromatic N) is 1. The number of methoxy groups -OCH3 is 2. The van der Waals surface area contributed by atoms with Crippen LogP contribution in [0.2, 0.25) is 0 Å². The van der Waals surface area contributed by atoms with Gasteiger partial charge in [-0.3, -0.25) is 4.79 Å². The van der Waals surface area contributed by atoms with Crippen molar-refractivity contribution < 1.29 is 28.9 Å². The topological polar surface area (TPSA) is 106 Å². The second-order valence-electron chi connectivity index (χ2n) is 5.17. The van der Waals surface area contributed by atoms with Gasteiger partial charge in [-0.1, -0.05) is 0 Å². The zero-order valence-corrected chi connectivity index (χ0v) is 16.1. The molecule has 0 aliphatic carbocycles. The summed E-state index contributed by atoms with van der Waals surface area (Å²) in [7, 11) is 2.99. The number of hydrogen-bond donors (Lipinski definition) is 2. The summed E-state index contributed by atoms with van der Waals surface area (Å²) in [4.78, 5) is 22.8. The molecular weight excluding hydrogens is 420 g/mol. The van der Waals surface area contributed by atoms with Crippen LogP contribution in [-0.4, -0.2) is 44.0 Å². The fraction of sp³-hybridized carbons (Fsp3) is 0.167. The van der Waals surface area contributed by atoms with Crippen LogP contribution in [0.25, 0.3) is 0 Å². The molecule has 2 N–H and O–H groups in total. The lowest BCUT2D eigenvalue weighted by molar-refractivity contribution is -0.139. The first-order valence-corrected chi connectivity index (χ1v) is 8.43. The molecule has 0 aromatic heterocycles. The molecular formula is C18H17BrN2O6. The SMILES string of the molecule is COc1cc(OC)cc(C(=O)N/N=C/c2ccc(OCC(=O)O)c(Br)c2)c1. The summed E-state index contributed by atoms with van der Waals surface area (Å²) in [6, 6.07) is 9.75. The van der Waals surface area contributed by atoms with E-state index in [-0.39, 0.29) is 0 Å². The number of rotatable bonds is 8. The van der Waals surface area contributed by atoms with Gasteiger partial charge in [0.1, 0.15) is 17.2 Å². The van der Waals surface area contributed by atoms with Gasteiger partial charge >= 0.3 is 5.97 Å². The third-order valence-corrected chi connectivity index (χ3v) is 3.92. The molecule has 0 aliphatic rings. The van der Waals surface area contributed by atoms with Crippen LogP contribution in [0.15, 0.2) is 46.0 Å². The Labute approximate surface area is 163 Å². The number of amides is 1. The van der Waals surface area contributed by atoms with Crippen molar-refractivity contribution in [3.63, 3.8) is 0 Å². The first-order valence-electron chi connectivity index (χ1n) is 7.63.